The molecule has 0 N–H and O–H groups in total. The summed E-state index contributed by atoms with van der Waals surface area (Å²) in [7, 11) is 16.6. The predicted octanol–water partition coefficient (Wildman–Crippen LogP) is 10.6. The third-order valence-electron chi connectivity index (χ3n) is 9.25. The first-order chi connectivity index (χ1) is 17.3. The van der Waals surface area contributed by atoms with Crippen molar-refractivity contribution in [2.75, 3.05) is 0 Å². The molecule has 2 aliphatic carbocycles. The number of benzene rings is 3. The van der Waals surface area contributed by atoms with Crippen LogP contribution in [0.3, 0.4) is 0 Å². The second kappa shape index (κ2) is 9.19. The summed E-state index contributed by atoms with van der Waals surface area (Å²) in [5, 5.41) is 0. The molecule has 4 heteroatoms. The maximum atomic E-state index is 8.28. The van der Waals surface area contributed by atoms with Crippen molar-refractivity contribution in [3.63, 3.8) is 0 Å². The van der Waals surface area contributed by atoms with Crippen molar-refractivity contribution in [1.29, 1.82) is 0 Å². The van der Waals surface area contributed by atoms with Crippen LogP contribution in [0.1, 0.15) is 76.6 Å². The Morgan fingerprint density at radius 3 is 1.95 bits per heavy atom. The van der Waals surface area contributed by atoms with Gasteiger partial charge < -0.3 is 0 Å². The molecule has 5 rings (SSSR count). The number of hydrogen-bond donors (Lipinski definition) is 0. The molecule has 2 atom stereocenters. The third kappa shape index (κ3) is 4.09. The van der Waals surface area contributed by atoms with Gasteiger partial charge in [-0.15, -0.1) is 0 Å². The van der Waals surface area contributed by atoms with Crippen molar-refractivity contribution in [1.82, 2.24) is 0 Å². The molecule has 0 amide bonds. The molecule has 0 radical (unpaired) electrons. The summed E-state index contributed by atoms with van der Waals surface area (Å²) in [5.74, 6) is -1.49. The monoisotopic (exact) mass is 623 g/mol. The first-order valence-electron chi connectivity index (χ1n) is 13.5. The summed E-state index contributed by atoms with van der Waals surface area (Å²) < 4.78 is 0.306. The van der Waals surface area contributed by atoms with Crippen molar-refractivity contribution in [3.8, 4) is 11.1 Å². The van der Waals surface area contributed by atoms with Crippen LogP contribution in [0.5, 0.6) is 0 Å². The molecule has 37 heavy (non-hydrogen) atoms. The van der Waals surface area contributed by atoms with Gasteiger partial charge >= 0.3 is 234 Å². The zero-order valence-corrected chi connectivity index (χ0v) is 28.5. The van der Waals surface area contributed by atoms with E-state index >= 15 is 0 Å². The summed E-state index contributed by atoms with van der Waals surface area (Å²) in [6.45, 7) is 18.4. The maximum absolute atomic E-state index is 8.28. The van der Waals surface area contributed by atoms with E-state index in [0.717, 1.165) is 0 Å². The molecule has 3 aromatic carbocycles. The van der Waals surface area contributed by atoms with Crippen LogP contribution in [0.2, 0.25) is 13.1 Å². The average molecular weight is 626 g/mol. The van der Waals surface area contributed by atoms with Gasteiger partial charge in [-0.05, 0) is 0 Å². The molecule has 0 nitrogen and oxygen atoms in total. The minimum atomic E-state index is -4.56. The summed E-state index contributed by atoms with van der Waals surface area (Å²) in [6, 6.07) is 24.7. The Hall–Kier alpha value is -1.18. The number of fused-ring (bicyclic) bond motifs is 2. The van der Waals surface area contributed by atoms with Crippen molar-refractivity contribution >= 4 is 34.6 Å². The predicted molar refractivity (Wildman–Crippen MR) is 165 cm³/mol. The quantitative estimate of drug-likeness (QED) is 0.253. The Balaban J connectivity index is 1.70. The fraction of sp³-hybridized carbons (Fsp3) is 0.333. The number of hydrogen-bond acceptors (Lipinski definition) is 0. The van der Waals surface area contributed by atoms with Gasteiger partial charge in [0.15, 0.2) is 0 Å². The molecule has 2 aliphatic rings. The topological polar surface area (TPSA) is 0 Å². The van der Waals surface area contributed by atoms with Crippen molar-refractivity contribution in [3.05, 3.63) is 106 Å². The fourth-order valence-corrected chi connectivity index (χ4v) is 39.9. The molecule has 193 valence electrons. The third-order valence-corrected chi connectivity index (χ3v) is 61.5. The Kier molecular flexibility index (Phi) is 6.81. The van der Waals surface area contributed by atoms with E-state index in [2.05, 4.69) is 127 Å². The second-order valence-corrected chi connectivity index (χ2v) is 55.2. The first-order valence-corrected chi connectivity index (χ1v) is 29.8. The molecule has 0 spiro atoms. The molecule has 0 heterocycles. The molecule has 0 bridgehead atoms. The van der Waals surface area contributed by atoms with E-state index in [9.17, 15) is 0 Å². The van der Waals surface area contributed by atoms with E-state index in [-0.39, 0.29) is 12.7 Å². The van der Waals surface area contributed by atoms with Gasteiger partial charge in [0.25, 0.3) is 0 Å². The van der Waals surface area contributed by atoms with Gasteiger partial charge in [-0.2, -0.15) is 0 Å². The zero-order valence-electron chi connectivity index (χ0n) is 23.4. The summed E-state index contributed by atoms with van der Waals surface area (Å²) in [4.78, 5) is 0. The molecule has 0 aromatic heterocycles. The minimum absolute atomic E-state index is 0.138. The molecular formula is C33H39Cl2SiZr. The van der Waals surface area contributed by atoms with Gasteiger partial charge in [-0.1, -0.05) is 0 Å². The van der Waals surface area contributed by atoms with Crippen LogP contribution in [0.25, 0.3) is 22.8 Å². The van der Waals surface area contributed by atoms with Gasteiger partial charge in [0.1, 0.15) is 0 Å². The van der Waals surface area contributed by atoms with Crippen LogP contribution in [0, 0.1) is 0 Å². The fourth-order valence-electron chi connectivity index (χ4n) is 6.98. The van der Waals surface area contributed by atoms with Gasteiger partial charge in [-0.3, -0.25) is 0 Å². The molecule has 3 aromatic rings. The Bertz CT molecular complexity index is 1450. The Morgan fingerprint density at radius 2 is 1.32 bits per heavy atom. The van der Waals surface area contributed by atoms with Crippen molar-refractivity contribution in [2.45, 2.75) is 67.3 Å². The number of allylic oxidation sites excluding steroid dienone is 3. The van der Waals surface area contributed by atoms with Crippen LogP contribution in [0.4, 0.5) is 0 Å². The molecular weight excluding hydrogens is 587 g/mol. The van der Waals surface area contributed by atoms with E-state index in [4.69, 9.17) is 17.0 Å². The average Bonchev–Trinajstić information content (AvgIpc) is 3.32. The van der Waals surface area contributed by atoms with Crippen LogP contribution < -0.4 is 0 Å². The molecule has 0 saturated carbocycles. The van der Waals surface area contributed by atoms with Gasteiger partial charge in [0, 0.05) is 0 Å². The molecule has 2 unspecified atom stereocenters. The van der Waals surface area contributed by atoms with Gasteiger partial charge in [0.05, 0.1) is 0 Å². The number of halogens is 2. The second-order valence-electron chi connectivity index (χ2n) is 12.7. The van der Waals surface area contributed by atoms with Crippen LogP contribution in [-0.2, 0) is 21.0 Å². The van der Waals surface area contributed by atoms with Crippen molar-refractivity contribution in [2.24, 2.45) is 0 Å². The molecule has 0 fully saturated rings. The number of rotatable bonds is 4. The molecule has 0 aliphatic heterocycles. The summed E-state index contributed by atoms with van der Waals surface area (Å²) in [6.07, 6.45) is 2.40. The Morgan fingerprint density at radius 1 is 0.730 bits per heavy atom. The van der Waals surface area contributed by atoms with Crippen LogP contribution in [0.15, 0.2) is 77.9 Å². The SMILES string of the molecule is CC1=Cc2c(-c3ccc(C(C)(C)C)cc3)cccc2[CH]1[Zr]([Cl])([Cl])([CH]1C(C)=C(C)c2ccccc21)[SiH](C)C. The summed E-state index contributed by atoms with van der Waals surface area (Å²) in [5.41, 5.74) is 13.5. The van der Waals surface area contributed by atoms with Crippen molar-refractivity contribution < 1.29 is 15.6 Å². The van der Waals surface area contributed by atoms with E-state index in [1.807, 2.05) is 0 Å². The standard InChI is InChI=1S/C20H21.C11H11.C2H7Si.2ClH.Zr/c1-14-12-16-6-5-7-18(19(16)13-14)15-8-10-17(11-9-15)20(2,3)4;1-8-7-10-5-3-4-6-11(10)9(8)2;1-3-2;;;/h5-13H,1-4H3;3-7H,1-2H3;3H,1-2H3;2*1H;/q;;;;;+2/p-2. The normalized spacial score (nSPS) is 20.5. The molecule has 0 saturated heterocycles. The van der Waals surface area contributed by atoms with Crippen LogP contribution >= 0.6 is 17.0 Å². The van der Waals surface area contributed by atoms with Gasteiger partial charge in [-0.25, -0.2) is 0 Å². The van der Waals surface area contributed by atoms with Crippen LogP contribution in [-0.4, -0.2) is 5.92 Å². The van der Waals surface area contributed by atoms with E-state index in [0.29, 0.717) is 0 Å². The Labute approximate surface area is 232 Å². The van der Waals surface area contributed by atoms with E-state index in [1.165, 1.54) is 55.7 Å². The van der Waals surface area contributed by atoms with Gasteiger partial charge in [0.2, 0.25) is 0 Å². The van der Waals surface area contributed by atoms with E-state index < -0.39 is 21.5 Å². The summed E-state index contributed by atoms with van der Waals surface area (Å²) >= 11 is -4.56. The zero-order chi connectivity index (χ0) is 26.9. The van der Waals surface area contributed by atoms with E-state index in [1.54, 1.807) is 0 Å². The first kappa shape index (κ1) is 27.4.